The molecule has 0 aromatic carbocycles. The van der Waals surface area contributed by atoms with Crippen molar-refractivity contribution >= 4 is 63.6 Å². The van der Waals surface area contributed by atoms with Gasteiger partial charge in [-0.25, -0.2) is 23.4 Å². The van der Waals surface area contributed by atoms with Gasteiger partial charge < -0.3 is 25.2 Å². The van der Waals surface area contributed by atoms with Gasteiger partial charge in [0, 0.05) is 70.8 Å². The third-order valence-electron chi connectivity index (χ3n) is 4.23. The molecule has 3 aromatic rings. The zero-order valence-electron chi connectivity index (χ0n) is 20.1. The van der Waals surface area contributed by atoms with Crippen LogP contribution >= 0.6 is 34.8 Å². The molecule has 0 saturated carbocycles. The van der Waals surface area contributed by atoms with E-state index in [0.29, 0.717) is 6.20 Å². The maximum atomic E-state index is 13.2. The minimum Gasteiger partial charge on any atom is -0.704 e. The van der Waals surface area contributed by atoms with E-state index in [2.05, 4.69) is 19.7 Å². The Balaban J connectivity index is 0.000000705. The van der Waals surface area contributed by atoms with E-state index in [0.717, 1.165) is 18.3 Å². The smallest absolute Gasteiger partial charge is 0.341 e. The average Bonchev–Trinajstić information content (AvgIpc) is 2.84. The Bertz CT molecular complexity index is 1470. The molecule has 0 fully saturated rings. The van der Waals surface area contributed by atoms with E-state index in [1.165, 1.54) is 0 Å². The molecule has 10 nitrogen and oxygen atoms in total. The first-order valence-electron chi connectivity index (χ1n) is 10.1. The molecule has 0 bridgehead atoms. The van der Waals surface area contributed by atoms with Gasteiger partial charge in [-0.3, -0.25) is 9.59 Å². The van der Waals surface area contributed by atoms with Crippen LogP contribution < -0.4 is 10.4 Å². The van der Waals surface area contributed by atoms with E-state index >= 15 is 0 Å². The predicted octanol–water partition coefficient (Wildman–Crippen LogP) is 4.73. The fraction of sp³-hybridized carbons (Fsp3) is 0.182. The van der Waals surface area contributed by atoms with Gasteiger partial charge in [0.1, 0.15) is 16.5 Å². The number of esters is 2. The third-order valence-corrected chi connectivity index (χ3v) is 5.05. The quantitative estimate of drug-likeness (QED) is 0.0870. The predicted molar refractivity (Wildman–Crippen MR) is 130 cm³/mol. The van der Waals surface area contributed by atoms with Crippen LogP contribution in [0.1, 0.15) is 34.6 Å². The standard InChI is InChI=1S/C11H9Cl2FN2O3.C11H8ClFN2O3.2Y/c1-2-19-11(18)6(4-15)8(17)5-3-7(14)10(13)16-9(5)12;1-2-18-11(17)6-4-14-10-5(8(6)16)3-7(13)9(12)15-10;;/h3-4H,2H2,1H3,(H2,15,17,18);3-4H,2H2,1H3,(H,14,15,16,17);;/p-2. The summed E-state index contributed by atoms with van der Waals surface area (Å²) in [5.41, 5.74) is 5.16. The number of Topliss-reactive ketones (excluding diaryl/α,β-unsaturated/α-hetero) is 1. The molecule has 202 valence electrons. The molecule has 0 unspecified atom stereocenters. The number of rotatable bonds is 6. The van der Waals surface area contributed by atoms with Crippen LogP contribution in [0.3, 0.4) is 0 Å². The van der Waals surface area contributed by atoms with E-state index in [9.17, 15) is 28.0 Å². The number of nitrogens with zero attached hydrogens (tertiary/aromatic N) is 3. The van der Waals surface area contributed by atoms with Crippen LogP contribution in [0, 0.1) is 11.6 Å². The van der Waals surface area contributed by atoms with Crippen molar-refractivity contribution in [3.05, 3.63) is 84.3 Å². The average molecular weight is 754 g/mol. The van der Waals surface area contributed by atoms with Crippen LogP contribution in [0.4, 0.5) is 8.78 Å². The molecule has 0 amide bonds. The Hall–Kier alpha value is -1.40. The summed E-state index contributed by atoms with van der Waals surface area (Å²) in [5.74, 6) is -4.55. The topological polar surface area (TPSA) is 150 Å². The molecule has 3 rings (SSSR count). The van der Waals surface area contributed by atoms with Gasteiger partial charge >= 0.3 is 11.9 Å². The van der Waals surface area contributed by atoms with Crippen molar-refractivity contribution in [3.8, 4) is 0 Å². The van der Waals surface area contributed by atoms with Crippen LogP contribution in [0.5, 0.6) is 0 Å². The molecule has 0 atom stereocenters. The van der Waals surface area contributed by atoms with E-state index < -0.39 is 45.5 Å². The summed E-state index contributed by atoms with van der Waals surface area (Å²) in [7, 11) is 0. The molecule has 0 aliphatic carbocycles. The van der Waals surface area contributed by atoms with Gasteiger partial charge in [-0.05, 0) is 31.6 Å². The molecule has 1 N–H and O–H groups in total. The second-order valence-corrected chi connectivity index (χ2v) is 7.63. The first-order valence-corrected chi connectivity index (χ1v) is 11.2. The van der Waals surface area contributed by atoms with Crippen LogP contribution in [-0.4, -0.2) is 40.9 Å². The van der Waals surface area contributed by atoms with Crippen LogP contribution in [0.15, 0.2) is 34.9 Å². The maximum Gasteiger partial charge on any atom is 0.341 e. The zero-order valence-corrected chi connectivity index (χ0v) is 28.0. The number of fused-ring (bicyclic) bond motifs is 1. The number of nitrogens with one attached hydrogen (secondary N) is 1. The van der Waals surface area contributed by atoms with Gasteiger partial charge in [-0.1, -0.05) is 41.0 Å². The van der Waals surface area contributed by atoms with E-state index in [1.807, 2.05) is 0 Å². The summed E-state index contributed by atoms with van der Waals surface area (Å²) in [6.45, 7) is 3.31. The van der Waals surface area contributed by atoms with Gasteiger partial charge in [0.2, 0.25) is 5.78 Å². The van der Waals surface area contributed by atoms with Gasteiger partial charge in [-0.15, -0.1) is 0 Å². The summed E-state index contributed by atoms with van der Waals surface area (Å²) in [6.07, 6.45) is 1.56. The maximum absolute atomic E-state index is 13.2. The largest absolute Gasteiger partial charge is 0.704 e. The molecule has 39 heavy (non-hydrogen) atoms. The zero-order chi connectivity index (χ0) is 27.9. The number of carbonyl (C=O) groups is 3. The Morgan fingerprint density at radius 3 is 2.08 bits per heavy atom. The third kappa shape index (κ3) is 9.59. The monoisotopic (exact) mass is 752 g/mol. The molecule has 17 heteroatoms. The summed E-state index contributed by atoms with van der Waals surface area (Å²) in [5, 5.41) is -1.34. The fourth-order valence-corrected chi connectivity index (χ4v) is 3.12. The molecule has 3 aromatic heterocycles. The summed E-state index contributed by atoms with van der Waals surface area (Å²) >= 11 is 16.5. The number of ether oxygens (including phenoxy) is 2. The molecule has 3 heterocycles. The normalized spacial score (nSPS) is 10.4. The minimum absolute atomic E-state index is 0. The van der Waals surface area contributed by atoms with Crippen LogP contribution in [0.2, 0.25) is 15.5 Å². The molecule has 2 radical (unpaired) electrons. The SMILES string of the molecule is CCOC(=O)/C(=C\[NH-])C(=O)c1cc(F)c(Cl)nc1Cl.CCOC(=O)c1c[n-]c2nc(Cl)c(F)cc2c1=O.[Y].[Y]. The number of pyridine rings is 3. The summed E-state index contributed by atoms with van der Waals surface area (Å²) < 4.78 is 35.8. The molecule has 0 aliphatic heterocycles. The molecule has 0 aliphatic rings. The Labute approximate surface area is 285 Å². The fourth-order valence-electron chi connectivity index (χ4n) is 2.58. The van der Waals surface area contributed by atoms with E-state index in [-0.39, 0.29) is 111 Å². The first-order chi connectivity index (χ1) is 17.5. The van der Waals surface area contributed by atoms with Gasteiger partial charge in [0.15, 0.2) is 16.4 Å². The van der Waals surface area contributed by atoms with Crippen molar-refractivity contribution in [2.75, 3.05) is 13.2 Å². The summed E-state index contributed by atoms with van der Waals surface area (Å²) in [4.78, 5) is 57.6. The number of ketones is 1. The minimum atomic E-state index is -0.992. The van der Waals surface area contributed by atoms with Gasteiger partial charge in [0.25, 0.3) is 0 Å². The van der Waals surface area contributed by atoms with Crippen LogP contribution in [-0.2, 0) is 79.7 Å². The number of aromatic nitrogens is 3. The number of halogens is 5. The second-order valence-electron chi connectivity index (χ2n) is 6.56. The van der Waals surface area contributed by atoms with Gasteiger partial charge in [-0.2, -0.15) is 6.20 Å². The molecule has 0 saturated heterocycles. The Morgan fingerprint density at radius 2 is 1.51 bits per heavy atom. The van der Waals surface area contributed by atoms with Crippen molar-refractivity contribution in [2.45, 2.75) is 13.8 Å². The van der Waals surface area contributed by atoms with E-state index in [1.54, 1.807) is 13.8 Å². The molecular weight excluding hydrogens is 738 g/mol. The number of hydrogen-bond donors (Lipinski definition) is 0. The van der Waals surface area contributed by atoms with Gasteiger partial charge in [0.05, 0.1) is 29.5 Å². The molecular formula is C22H15Cl3F2N4O6Y2-2. The van der Waals surface area contributed by atoms with Crippen LogP contribution in [0.25, 0.3) is 16.8 Å². The van der Waals surface area contributed by atoms with Crippen molar-refractivity contribution in [3.63, 3.8) is 0 Å². The van der Waals surface area contributed by atoms with Crippen molar-refractivity contribution in [2.24, 2.45) is 0 Å². The number of hydrogen-bond acceptors (Lipinski definition) is 8. The van der Waals surface area contributed by atoms with Crippen molar-refractivity contribution in [1.82, 2.24) is 15.0 Å². The summed E-state index contributed by atoms with van der Waals surface area (Å²) in [6, 6.07) is 1.66. The molecule has 0 spiro atoms. The Kier molecular flexibility index (Phi) is 16.8. The number of carbonyl (C=O) groups excluding carboxylic acids is 3. The van der Waals surface area contributed by atoms with E-state index in [4.69, 9.17) is 45.3 Å². The second kappa shape index (κ2) is 17.4. The van der Waals surface area contributed by atoms with Crippen molar-refractivity contribution in [1.29, 1.82) is 0 Å². The first kappa shape index (κ1) is 37.6. The van der Waals surface area contributed by atoms with Crippen molar-refractivity contribution < 1.29 is 98.1 Å². The Morgan fingerprint density at radius 1 is 0.949 bits per heavy atom.